The molecule has 0 amide bonds. The van der Waals surface area contributed by atoms with E-state index in [-0.39, 0.29) is 11.1 Å². The lowest BCUT2D eigenvalue weighted by atomic mass is 9.90. The number of fused-ring (bicyclic) bond motifs is 4. The number of hydrogen-bond acceptors (Lipinski definition) is 3. The van der Waals surface area contributed by atoms with Gasteiger partial charge < -0.3 is 14.9 Å². The molecule has 3 aromatic carbocycles. The molecule has 0 aromatic heterocycles. The van der Waals surface area contributed by atoms with Gasteiger partial charge in [0.15, 0.2) is 0 Å². The Balaban J connectivity index is 2.07. The maximum absolute atomic E-state index is 11.8. The van der Waals surface area contributed by atoms with Gasteiger partial charge in [-0.1, -0.05) is 30.3 Å². The Kier molecular flexibility index (Phi) is 3.03. The summed E-state index contributed by atoms with van der Waals surface area (Å²) in [6.07, 6.45) is 0.492. The maximum Gasteiger partial charge on any atom is 0.337 e. The van der Waals surface area contributed by atoms with Gasteiger partial charge in [0, 0.05) is 17.4 Å². The second kappa shape index (κ2) is 5.09. The van der Waals surface area contributed by atoms with Gasteiger partial charge in [0.1, 0.15) is 11.5 Å². The fraction of sp³-hybridized carbons (Fsp3) is 0.0526. The standard InChI is InChI=1S/C19H12O5/c20-18(21)12-7-5-10-6-8-15-13(16(10)17(12)19(22)23)9-11-3-1-2-4-14(11)24-15/h1-8H,9H2,(H,20,21)(H,22,23). The molecule has 0 fully saturated rings. The van der Waals surface area contributed by atoms with Crippen LogP contribution in [0.1, 0.15) is 31.8 Å². The van der Waals surface area contributed by atoms with Crippen molar-refractivity contribution in [1.82, 2.24) is 0 Å². The summed E-state index contributed by atoms with van der Waals surface area (Å²) in [5.41, 5.74) is 1.23. The molecular weight excluding hydrogens is 308 g/mol. The van der Waals surface area contributed by atoms with Crippen LogP contribution in [-0.2, 0) is 6.42 Å². The van der Waals surface area contributed by atoms with E-state index in [4.69, 9.17) is 4.74 Å². The van der Waals surface area contributed by atoms with Crippen molar-refractivity contribution in [2.24, 2.45) is 0 Å². The number of ether oxygens (including phenoxy) is 1. The van der Waals surface area contributed by atoms with Crippen LogP contribution >= 0.6 is 0 Å². The minimum absolute atomic E-state index is 0.195. The molecule has 1 heterocycles. The zero-order valence-corrected chi connectivity index (χ0v) is 12.4. The van der Waals surface area contributed by atoms with E-state index in [1.165, 1.54) is 6.07 Å². The molecule has 5 heteroatoms. The monoisotopic (exact) mass is 320 g/mol. The van der Waals surface area contributed by atoms with Gasteiger partial charge in [0.2, 0.25) is 0 Å². The van der Waals surface area contributed by atoms with Crippen LogP contribution in [-0.4, -0.2) is 22.2 Å². The molecule has 0 saturated carbocycles. The molecule has 0 unspecified atom stereocenters. The quantitative estimate of drug-likeness (QED) is 0.584. The molecule has 0 saturated heterocycles. The van der Waals surface area contributed by atoms with Crippen molar-refractivity contribution in [3.05, 3.63) is 70.8 Å². The van der Waals surface area contributed by atoms with Gasteiger partial charge in [-0.15, -0.1) is 0 Å². The first kappa shape index (κ1) is 14.3. The van der Waals surface area contributed by atoms with Crippen molar-refractivity contribution >= 4 is 22.7 Å². The highest BCUT2D eigenvalue weighted by molar-refractivity contribution is 6.13. The number of hydrogen-bond donors (Lipinski definition) is 2. The minimum atomic E-state index is -1.26. The topological polar surface area (TPSA) is 83.8 Å². The average molecular weight is 320 g/mol. The molecule has 1 aliphatic heterocycles. The Morgan fingerprint density at radius 3 is 2.38 bits per heavy atom. The van der Waals surface area contributed by atoms with Crippen molar-refractivity contribution in [2.75, 3.05) is 0 Å². The van der Waals surface area contributed by atoms with Gasteiger partial charge in [-0.3, -0.25) is 0 Å². The maximum atomic E-state index is 11.8. The summed E-state index contributed by atoms with van der Waals surface area (Å²) in [5, 5.41) is 20.1. The van der Waals surface area contributed by atoms with Gasteiger partial charge in [-0.2, -0.15) is 0 Å². The fourth-order valence-corrected chi connectivity index (χ4v) is 3.20. The van der Waals surface area contributed by atoms with Crippen LogP contribution in [0.15, 0.2) is 48.5 Å². The predicted octanol–water partition coefficient (Wildman–Crippen LogP) is 3.93. The lowest BCUT2D eigenvalue weighted by Gasteiger charge is -2.22. The molecule has 0 atom stereocenters. The Hall–Kier alpha value is -3.34. The van der Waals surface area contributed by atoms with E-state index in [0.717, 1.165) is 11.3 Å². The Labute approximate surface area is 136 Å². The van der Waals surface area contributed by atoms with Crippen LogP contribution in [0.3, 0.4) is 0 Å². The molecule has 0 radical (unpaired) electrons. The molecule has 0 spiro atoms. The first-order valence-electron chi connectivity index (χ1n) is 7.37. The van der Waals surface area contributed by atoms with Gasteiger partial charge in [-0.25, -0.2) is 9.59 Å². The van der Waals surface area contributed by atoms with Crippen LogP contribution in [0.25, 0.3) is 10.8 Å². The van der Waals surface area contributed by atoms with Crippen molar-refractivity contribution in [2.45, 2.75) is 6.42 Å². The van der Waals surface area contributed by atoms with Crippen molar-refractivity contribution in [1.29, 1.82) is 0 Å². The van der Waals surface area contributed by atoms with E-state index in [1.807, 2.05) is 24.3 Å². The van der Waals surface area contributed by atoms with Gasteiger partial charge in [-0.05, 0) is 29.1 Å². The van der Waals surface area contributed by atoms with Crippen LogP contribution in [0.2, 0.25) is 0 Å². The molecule has 1 aliphatic rings. The number of aromatic carboxylic acids is 2. The van der Waals surface area contributed by atoms with Crippen molar-refractivity contribution in [3.63, 3.8) is 0 Å². The number of carboxylic acid groups (broad SMARTS) is 2. The Bertz CT molecular complexity index is 1020. The third-order valence-corrected chi connectivity index (χ3v) is 4.26. The summed E-state index contributed by atoms with van der Waals surface area (Å²) in [4.78, 5) is 23.2. The highest BCUT2D eigenvalue weighted by Crippen LogP contribution is 2.41. The molecule has 5 nitrogen and oxygen atoms in total. The number of carbonyl (C=O) groups is 2. The van der Waals surface area contributed by atoms with E-state index in [9.17, 15) is 19.8 Å². The lowest BCUT2D eigenvalue weighted by Crippen LogP contribution is -2.11. The summed E-state index contributed by atoms with van der Waals surface area (Å²) >= 11 is 0. The Morgan fingerprint density at radius 2 is 1.62 bits per heavy atom. The molecule has 4 rings (SSSR count). The second-order valence-electron chi connectivity index (χ2n) is 5.63. The second-order valence-corrected chi connectivity index (χ2v) is 5.63. The SMILES string of the molecule is O=C(O)c1ccc2ccc3c(c2c1C(=O)O)Cc1ccccc1O3. The normalized spacial score (nSPS) is 12.2. The number of para-hydroxylation sites is 1. The average Bonchev–Trinajstić information content (AvgIpc) is 2.58. The van der Waals surface area contributed by atoms with Crippen LogP contribution in [0.5, 0.6) is 11.5 Å². The molecular formula is C19H12O5. The van der Waals surface area contributed by atoms with Crippen LogP contribution in [0.4, 0.5) is 0 Å². The van der Waals surface area contributed by atoms with E-state index in [1.54, 1.807) is 18.2 Å². The fourth-order valence-electron chi connectivity index (χ4n) is 3.20. The minimum Gasteiger partial charge on any atom is -0.478 e. The smallest absolute Gasteiger partial charge is 0.337 e. The lowest BCUT2D eigenvalue weighted by molar-refractivity contribution is 0.0653. The first-order chi connectivity index (χ1) is 11.6. The van der Waals surface area contributed by atoms with E-state index >= 15 is 0 Å². The Morgan fingerprint density at radius 1 is 0.875 bits per heavy atom. The van der Waals surface area contributed by atoms with Crippen molar-refractivity contribution < 1.29 is 24.5 Å². The number of benzene rings is 3. The largest absolute Gasteiger partial charge is 0.478 e. The summed E-state index contributed by atoms with van der Waals surface area (Å²) in [5.74, 6) is -1.23. The molecule has 0 aliphatic carbocycles. The number of rotatable bonds is 2. The zero-order valence-electron chi connectivity index (χ0n) is 12.4. The zero-order chi connectivity index (χ0) is 16.8. The summed E-state index contributed by atoms with van der Waals surface area (Å²) in [7, 11) is 0. The van der Waals surface area contributed by atoms with Crippen LogP contribution in [0, 0.1) is 0 Å². The van der Waals surface area contributed by atoms with Gasteiger partial charge in [0.25, 0.3) is 0 Å². The third-order valence-electron chi connectivity index (χ3n) is 4.26. The van der Waals surface area contributed by atoms with Crippen molar-refractivity contribution in [3.8, 4) is 11.5 Å². The van der Waals surface area contributed by atoms with E-state index < -0.39 is 11.9 Å². The van der Waals surface area contributed by atoms with E-state index in [2.05, 4.69) is 0 Å². The molecule has 2 N–H and O–H groups in total. The predicted molar refractivity (Wildman–Crippen MR) is 87.2 cm³/mol. The van der Waals surface area contributed by atoms with Crippen LogP contribution < -0.4 is 4.74 Å². The third kappa shape index (κ3) is 2.02. The first-order valence-corrected chi connectivity index (χ1v) is 7.37. The molecule has 3 aromatic rings. The molecule has 24 heavy (non-hydrogen) atoms. The van der Waals surface area contributed by atoms with E-state index in [0.29, 0.717) is 28.5 Å². The highest BCUT2D eigenvalue weighted by atomic mass is 16.5. The molecule has 0 bridgehead atoms. The summed E-state index contributed by atoms with van der Waals surface area (Å²) in [6.45, 7) is 0. The van der Waals surface area contributed by atoms with Gasteiger partial charge in [0.05, 0.1) is 11.1 Å². The molecule has 118 valence electrons. The summed E-state index contributed by atoms with van der Waals surface area (Å²) in [6, 6.07) is 14.0. The van der Waals surface area contributed by atoms with Gasteiger partial charge >= 0.3 is 11.9 Å². The summed E-state index contributed by atoms with van der Waals surface area (Å²) < 4.78 is 5.88. The highest BCUT2D eigenvalue weighted by Gasteiger charge is 2.25. The number of carboxylic acids is 2.